The van der Waals surface area contributed by atoms with Gasteiger partial charge in [0.1, 0.15) is 11.5 Å². The van der Waals surface area contributed by atoms with Crippen molar-refractivity contribution < 1.29 is 24.9 Å². The third-order valence-electron chi connectivity index (χ3n) is 3.11. The predicted molar refractivity (Wildman–Crippen MR) is 98.8 cm³/mol. The SMILES string of the molecule is NNC(=O)CCCCC(=O)O.Oc1ccc(Sc2ccc(O)cc2)cc1. The fourth-order valence-electron chi connectivity index (χ4n) is 1.80. The Labute approximate surface area is 155 Å². The van der Waals surface area contributed by atoms with Crippen LogP contribution in [0.4, 0.5) is 0 Å². The lowest BCUT2D eigenvalue weighted by molar-refractivity contribution is -0.137. The molecule has 0 unspecified atom stereocenters. The van der Waals surface area contributed by atoms with Crippen LogP contribution in [-0.4, -0.2) is 27.2 Å². The first kappa shape index (κ1) is 21.3. The molecule has 0 aliphatic rings. The molecule has 26 heavy (non-hydrogen) atoms. The van der Waals surface area contributed by atoms with E-state index in [1.807, 2.05) is 29.7 Å². The number of benzene rings is 2. The summed E-state index contributed by atoms with van der Waals surface area (Å²) in [5, 5.41) is 26.4. The number of unbranched alkanes of at least 4 members (excludes halogenated alkanes) is 1. The quantitative estimate of drug-likeness (QED) is 0.216. The number of rotatable bonds is 7. The Hall–Kier alpha value is -2.71. The molecule has 2 aromatic carbocycles. The van der Waals surface area contributed by atoms with Gasteiger partial charge < -0.3 is 15.3 Å². The zero-order valence-corrected chi connectivity index (χ0v) is 14.9. The highest BCUT2D eigenvalue weighted by Gasteiger charge is 2.00. The lowest BCUT2D eigenvalue weighted by Gasteiger charge is -2.01. The van der Waals surface area contributed by atoms with Crippen molar-refractivity contribution in [3.63, 3.8) is 0 Å². The number of phenols is 2. The number of phenolic OH excluding ortho intramolecular Hbond substituents is 2. The third-order valence-corrected chi connectivity index (χ3v) is 4.13. The summed E-state index contributed by atoms with van der Waals surface area (Å²) in [5.41, 5.74) is 1.97. The number of nitrogens with two attached hydrogens (primary N) is 1. The van der Waals surface area contributed by atoms with E-state index in [9.17, 15) is 9.59 Å². The van der Waals surface area contributed by atoms with Crippen LogP contribution in [0.3, 0.4) is 0 Å². The molecule has 1 amide bonds. The van der Waals surface area contributed by atoms with Crippen LogP contribution in [0.5, 0.6) is 11.5 Å². The second kappa shape index (κ2) is 11.8. The van der Waals surface area contributed by atoms with Crippen molar-refractivity contribution in [1.82, 2.24) is 5.43 Å². The second-order valence-electron chi connectivity index (χ2n) is 5.26. The van der Waals surface area contributed by atoms with Crippen molar-refractivity contribution in [3.8, 4) is 11.5 Å². The highest BCUT2D eigenvalue weighted by molar-refractivity contribution is 7.99. The van der Waals surface area contributed by atoms with Gasteiger partial charge in [-0.05, 0) is 61.4 Å². The Morgan fingerprint density at radius 3 is 1.65 bits per heavy atom. The number of carbonyl (C=O) groups excluding carboxylic acids is 1. The number of hydrogen-bond acceptors (Lipinski definition) is 6. The molecule has 0 spiro atoms. The van der Waals surface area contributed by atoms with Crippen molar-refractivity contribution in [3.05, 3.63) is 48.5 Å². The topological polar surface area (TPSA) is 133 Å². The van der Waals surface area contributed by atoms with Gasteiger partial charge in [0, 0.05) is 22.6 Å². The van der Waals surface area contributed by atoms with Gasteiger partial charge in [-0.25, -0.2) is 5.84 Å². The average Bonchev–Trinajstić information content (AvgIpc) is 2.63. The van der Waals surface area contributed by atoms with Gasteiger partial charge in [0.25, 0.3) is 0 Å². The van der Waals surface area contributed by atoms with E-state index in [0.29, 0.717) is 19.3 Å². The van der Waals surface area contributed by atoms with Crippen molar-refractivity contribution in [2.45, 2.75) is 35.5 Å². The van der Waals surface area contributed by atoms with Gasteiger partial charge in [0.15, 0.2) is 0 Å². The molecule has 0 heterocycles. The lowest BCUT2D eigenvalue weighted by Crippen LogP contribution is -2.29. The average molecular weight is 378 g/mol. The number of carbonyl (C=O) groups is 2. The van der Waals surface area contributed by atoms with Gasteiger partial charge in [-0.1, -0.05) is 11.8 Å². The molecule has 7 nitrogen and oxygen atoms in total. The summed E-state index contributed by atoms with van der Waals surface area (Å²) in [6.45, 7) is 0. The van der Waals surface area contributed by atoms with Gasteiger partial charge in [0.2, 0.25) is 5.91 Å². The number of hydrazine groups is 1. The number of carboxylic acid groups (broad SMARTS) is 1. The molecular weight excluding hydrogens is 356 g/mol. The fraction of sp³-hybridized carbons (Fsp3) is 0.222. The molecule has 0 radical (unpaired) electrons. The Kier molecular flexibility index (Phi) is 9.66. The van der Waals surface area contributed by atoms with Crippen molar-refractivity contribution in [1.29, 1.82) is 0 Å². The minimum absolute atomic E-state index is 0.109. The van der Waals surface area contributed by atoms with E-state index < -0.39 is 5.97 Å². The lowest BCUT2D eigenvalue weighted by atomic mass is 10.2. The first-order chi connectivity index (χ1) is 12.4. The number of hydrogen-bond donors (Lipinski definition) is 5. The summed E-state index contributed by atoms with van der Waals surface area (Å²) in [7, 11) is 0. The molecule has 0 aromatic heterocycles. The normalized spacial score (nSPS) is 9.73. The standard InChI is InChI=1S/C12H10O2S.C6H12N2O3/c13-9-1-5-11(6-2-9)15-12-7-3-10(14)4-8-12;7-8-5(9)3-1-2-4-6(10)11/h1-8,13-14H;1-4,7H2,(H,8,9)(H,10,11). The molecule has 0 atom stereocenters. The largest absolute Gasteiger partial charge is 0.508 e. The molecule has 0 aliphatic carbocycles. The van der Waals surface area contributed by atoms with Crippen LogP contribution in [0.25, 0.3) is 0 Å². The van der Waals surface area contributed by atoms with Crippen LogP contribution >= 0.6 is 11.8 Å². The number of aromatic hydroxyl groups is 2. The Bertz CT molecular complexity index is 646. The van der Waals surface area contributed by atoms with E-state index in [1.165, 1.54) is 0 Å². The minimum atomic E-state index is -0.835. The number of carboxylic acids is 1. The van der Waals surface area contributed by atoms with Crippen molar-refractivity contribution >= 4 is 23.6 Å². The maximum atomic E-state index is 10.5. The van der Waals surface area contributed by atoms with Crippen LogP contribution in [0.1, 0.15) is 25.7 Å². The Morgan fingerprint density at radius 1 is 0.846 bits per heavy atom. The van der Waals surface area contributed by atoms with Gasteiger partial charge >= 0.3 is 5.97 Å². The van der Waals surface area contributed by atoms with Crippen LogP contribution in [0.15, 0.2) is 58.3 Å². The van der Waals surface area contributed by atoms with Gasteiger partial charge in [-0.2, -0.15) is 0 Å². The summed E-state index contributed by atoms with van der Waals surface area (Å²) < 4.78 is 0. The van der Waals surface area contributed by atoms with Crippen molar-refractivity contribution in [2.75, 3.05) is 0 Å². The minimum Gasteiger partial charge on any atom is -0.508 e. The van der Waals surface area contributed by atoms with Crippen molar-refractivity contribution in [2.24, 2.45) is 5.84 Å². The predicted octanol–water partition coefficient (Wildman–Crippen LogP) is 2.87. The second-order valence-corrected chi connectivity index (χ2v) is 6.41. The summed E-state index contributed by atoms with van der Waals surface area (Å²) in [5.74, 6) is 4.25. The fourth-order valence-corrected chi connectivity index (χ4v) is 2.61. The van der Waals surface area contributed by atoms with E-state index in [-0.39, 0.29) is 23.8 Å². The summed E-state index contributed by atoms with van der Waals surface area (Å²) in [6.07, 6.45) is 1.49. The highest BCUT2D eigenvalue weighted by Crippen LogP contribution is 2.29. The van der Waals surface area contributed by atoms with Crippen LogP contribution in [0, 0.1) is 0 Å². The van der Waals surface area contributed by atoms with Crippen LogP contribution in [0.2, 0.25) is 0 Å². The van der Waals surface area contributed by atoms with Gasteiger partial charge in [-0.3, -0.25) is 15.0 Å². The zero-order chi connectivity index (χ0) is 19.4. The van der Waals surface area contributed by atoms with Gasteiger partial charge in [-0.15, -0.1) is 0 Å². The van der Waals surface area contributed by atoms with E-state index in [1.54, 1.807) is 36.0 Å². The molecule has 2 rings (SSSR count). The van der Waals surface area contributed by atoms with Gasteiger partial charge in [0.05, 0.1) is 0 Å². The highest BCUT2D eigenvalue weighted by atomic mass is 32.2. The van der Waals surface area contributed by atoms with Crippen LogP contribution in [-0.2, 0) is 9.59 Å². The summed E-state index contributed by atoms with van der Waals surface area (Å²) in [4.78, 5) is 22.6. The molecule has 0 saturated heterocycles. The smallest absolute Gasteiger partial charge is 0.303 e. The molecule has 0 saturated carbocycles. The van der Waals surface area contributed by atoms with E-state index >= 15 is 0 Å². The molecule has 8 heteroatoms. The van der Waals surface area contributed by atoms with E-state index in [2.05, 4.69) is 0 Å². The third kappa shape index (κ3) is 9.55. The molecule has 0 aliphatic heterocycles. The molecule has 140 valence electrons. The summed E-state index contributed by atoms with van der Waals surface area (Å²) >= 11 is 1.58. The Balaban J connectivity index is 0.000000276. The Morgan fingerprint density at radius 2 is 1.27 bits per heavy atom. The van der Waals surface area contributed by atoms with E-state index in [4.69, 9.17) is 21.2 Å². The molecule has 2 aromatic rings. The molecule has 6 N–H and O–H groups in total. The first-order valence-electron chi connectivity index (χ1n) is 7.88. The van der Waals surface area contributed by atoms with Crippen LogP contribution < -0.4 is 11.3 Å². The molecular formula is C18H22N2O5S. The maximum Gasteiger partial charge on any atom is 0.303 e. The maximum absolute atomic E-state index is 10.5. The monoisotopic (exact) mass is 378 g/mol. The first-order valence-corrected chi connectivity index (χ1v) is 8.69. The summed E-state index contributed by atoms with van der Waals surface area (Å²) in [6, 6.07) is 14.0. The van der Waals surface area contributed by atoms with E-state index in [0.717, 1.165) is 9.79 Å². The number of aliphatic carboxylic acids is 1. The number of amides is 1. The zero-order valence-electron chi connectivity index (χ0n) is 14.1. The number of nitrogens with one attached hydrogen (secondary N) is 1. The molecule has 0 fully saturated rings. The molecule has 0 bridgehead atoms.